The normalized spacial score (nSPS) is 18.6. The Hall–Kier alpha value is -3.09. The monoisotopic (exact) mass is 531 g/mol. The van der Waals surface area contributed by atoms with Crippen molar-refractivity contribution in [2.75, 3.05) is 32.7 Å². The largest absolute Gasteiger partial charge is 0.444 e. The molecule has 202 valence electrons. The lowest BCUT2D eigenvalue weighted by molar-refractivity contribution is -0.143. The van der Waals surface area contributed by atoms with E-state index in [1.165, 1.54) is 11.0 Å². The molecule has 13 heteroatoms. The average molecular weight is 532 g/mol. The smallest absolute Gasteiger partial charge is 0.416 e. The van der Waals surface area contributed by atoms with Crippen LogP contribution >= 0.6 is 0 Å². The Morgan fingerprint density at radius 3 is 2.22 bits per heavy atom. The highest BCUT2D eigenvalue weighted by Gasteiger charge is 2.50. The predicted octanol–water partition coefficient (Wildman–Crippen LogP) is 5.40. The number of alkyl halides is 6. The number of halogens is 6. The maximum absolute atomic E-state index is 13.1. The van der Waals surface area contributed by atoms with Gasteiger partial charge in [0.25, 0.3) is 0 Å². The molecule has 1 aromatic carbocycles. The molecule has 1 aromatic heterocycles. The number of aromatic nitrogens is 3. The zero-order valence-electron chi connectivity index (χ0n) is 20.5. The summed E-state index contributed by atoms with van der Waals surface area (Å²) in [4.78, 5) is 20.0. The van der Waals surface area contributed by atoms with Crippen molar-refractivity contribution in [3.8, 4) is 11.4 Å². The van der Waals surface area contributed by atoms with E-state index in [2.05, 4.69) is 15.0 Å². The summed E-state index contributed by atoms with van der Waals surface area (Å²) < 4.78 is 85.4. The quantitative estimate of drug-likeness (QED) is 0.495. The number of hydrogen-bond donors (Lipinski definition) is 0. The average Bonchev–Trinajstić information content (AvgIpc) is 3.37. The Bertz CT molecular complexity index is 1140. The zero-order chi connectivity index (χ0) is 27.2. The first-order valence-electron chi connectivity index (χ1n) is 11.6. The fourth-order valence-corrected chi connectivity index (χ4v) is 4.53. The summed E-state index contributed by atoms with van der Waals surface area (Å²) in [5.41, 5.74) is -3.74. The van der Waals surface area contributed by atoms with Crippen LogP contribution in [0, 0.1) is 5.41 Å². The number of carbonyl (C=O) groups is 1. The van der Waals surface area contributed by atoms with E-state index in [0.717, 1.165) is 19.5 Å². The lowest BCUT2D eigenvalue weighted by Gasteiger charge is -2.47. The second kappa shape index (κ2) is 9.34. The number of amides is 1. The second-order valence-corrected chi connectivity index (χ2v) is 10.5. The topological polar surface area (TPSA) is 63.5 Å². The summed E-state index contributed by atoms with van der Waals surface area (Å²) in [6.07, 6.45) is -4.73. The van der Waals surface area contributed by atoms with Gasteiger partial charge in [0, 0.05) is 43.4 Å². The van der Waals surface area contributed by atoms with Crippen LogP contribution in [-0.4, -0.2) is 69.0 Å². The fraction of sp³-hybridized carbons (Fsp3) is 0.542. The third-order valence-corrected chi connectivity index (χ3v) is 6.20. The molecule has 4 rings (SSSR count). The SMILES string of the molecule is CC(C)(C)OC(=O)N1CC2(CCN(C/C=C\n3cnc(-c4cc(C(F)(F)F)cc(C(F)(F)F)c4)n3)C2)C1. The molecule has 2 aromatic rings. The minimum Gasteiger partial charge on any atom is -0.444 e. The number of nitrogens with zero attached hydrogens (tertiary/aromatic N) is 5. The molecule has 0 saturated carbocycles. The van der Waals surface area contributed by atoms with Crippen LogP contribution in [0.2, 0.25) is 0 Å². The Morgan fingerprint density at radius 1 is 1.03 bits per heavy atom. The highest BCUT2D eigenvalue weighted by atomic mass is 19.4. The fourth-order valence-electron chi connectivity index (χ4n) is 4.53. The summed E-state index contributed by atoms with van der Waals surface area (Å²) in [7, 11) is 0. The van der Waals surface area contributed by atoms with Crippen molar-refractivity contribution in [1.82, 2.24) is 24.6 Å². The van der Waals surface area contributed by atoms with Gasteiger partial charge in [-0.25, -0.2) is 14.5 Å². The molecular weight excluding hydrogens is 504 g/mol. The van der Waals surface area contributed by atoms with Crippen LogP contribution in [0.4, 0.5) is 31.1 Å². The molecule has 0 radical (unpaired) electrons. The molecule has 7 nitrogen and oxygen atoms in total. The summed E-state index contributed by atoms with van der Waals surface area (Å²) in [5.74, 6) is -0.252. The molecule has 0 atom stereocenters. The van der Waals surface area contributed by atoms with Crippen LogP contribution in [-0.2, 0) is 17.1 Å². The van der Waals surface area contributed by atoms with E-state index in [9.17, 15) is 31.1 Å². The van der Waals surface area contributed by atoms with Crippen LogP contribution in [0.25, 0.3) is 17.6 Å². The summed E-state index contributed by atoms with van der Waals surface area (Å²) in [6.45, 7) is 8.91. The highest BCUT2D eigenvalue weighted by molar-refractivity contribution is 5.69. The molecule has 2 fully saturated rings. The molecular formula is C24H27F6N5O2. The molecule has 0 N–H and O–H groups in total. The van der Waals surface area contributed by atoms with Gasteiger partial charge in [0.1, 0.15) is 11.9 Å². The number of ether oxygens (including phenoxy) is 1. The number of hydrogen-bond acceptors (Lipinski definition) is 5. The predicted molar refractivity (Wildman–Crippen MR) is 122 cm³/mol. The summed E-state index contributed by atoms with van der Waals surface area (Å²) >= 11 is 0. The van der Waals surface area contributed by atoms with Gasteiger partial charge < -0.3 is 9.64 Å². The van der Waals surface area contributed by atoms with E-state index in [1.807, 2.05) is 20.8 Å². The van der Waals surface area contributed by atoms with Crippen molar-refractivity contribution >= 4 is 12.3 Å². The van der Waals surface area contributed by atoms with E-state index in [4.69, 9.17) is 4.74 Å². The molecule has 37 heavy (non-hydrogen) atoms. The Balaban J connectivity index is 1.35. The van der Waals surface area contributed by atoms with Gasteiger partial charge in [-0.05, 0) is 51.9 Å². The number of likely N-dealkylation sites (tertiary alicyclic amines) is 2. The molecule has 2 aliphatic rings. The zero-order valence-corrected chi connectivity index (χ0v) is 20.5. The van der Waals surface area contributed by atoms with E-state index < -0.39 is 29.1 Å². The third-order valence-electron chi connectivity index (χ3n) is 6.20. The van der Waals surface area contributed by atoms with Crippen molar-refractivity contribution in [3.05, 3.63) is 41.7 Å². The van der Waals surface area contributed by atoms with Gasteiger partial charge in [-0.3, -0.25) is 4.90 Å². The third kappa shape index (κ3) is 6.43. The van der Waals surface area contributed by atoms with Gasteiger partial charge in [-0.15, -0.1) is 5.10 Å². The van der Waals surface area contributed by atoms with E-state index in [0.29, 0.717) is 31.8 Å². The van der Waals surface area contributed by atoms with Crippen molar-refractivity contribution in [2.45, 2.75) is 45.1 Å². The molecule has 1 spiro atoms. The minimum absolute atomic E-state index is 0.0326. The van der Waals surface area contributed by atoms with Gasteiger partial charge in [0.15, 0.2) is 5.82 Å². The standard InChI is InChI=1S/C24H27F6N5O2/c1-21(2,3)37-20(36)34-13-22(14-34)5-8-33(12-22)6-4-7-35-15-31-19(32-35)16-9-17(23(25,26)27)11-18(10-16)24(28,29)30/h4,7,9-11,15H,5-6,8,12-14H2,1-3H3/b7-4-. The van der Waals surface area contributed by atoms with Crippen molar-refractivity contribution in [3.63, 3.8) is 0 Å². The van der Waals surface area contributed by atoms with Crippen LogP contribution in [0.15, 0.2) is 30.6 Å². The molecule has 2 aliphatic heterocycles. The van der Waals surface area contributed by atoms with E-state index >= 15 is 0 Å². The Morgan fingerprint density at radius 2 is 1.65 bits per heavy atom. The van der Waals surface area contributed by atoms with Gasteiger partial charge in [0.2, 0.25) is 0 Å². The van der Waals surface area contributed by atoms with Crippen LogP contribution < -0.4 is 0 Å². The Kier molecular flexibility index (Phi) is 6.80. The highest BCUT2D eigenvalue weighted by Crippen LogP contribution is 2.40. The number of rotatable bonds is 4. The van der Waals surface area contributed by atoms with E-state index in [1.54, 1.807) is 17.2 Å². The summed E-state index contributed by atoms with van der Waals surface area (Å²) in [6, 6.07) is 1.26. The molecule has 3 heterocycles. The second-order valence-electron chi connectivity index (χ2n) is 10.5. The van der Waals surface area contributed by atoms with Crippen LogP contribution in [0.3, 0.4) is 0 Å². The molecule has 0 unspecified atom stereocenters. The van der Waals surface area contributed by atoms with Gasteiger partial charge in [-0.1, -0.05) is 6.08 Å². The van der Waals surface area contributed by atoms with Gasteiger partial charge >= 0.3 is 18.4 Å². The van der Waals surface area contributed by atoms with Crippen LogP contribution in [0.1, 0.15) is 38.3 Å². The molecule has 1 amide bonds. The van der Waals surface area contributed by atoms with Crippen molar-refractivity contribution in [2.24, 2.45) is 5.41 Å². The van der Waals surface area contributed by atoms with Crippen LogP contribution in [0.5, 0.6) is 0 Å². The molecule has 0 aliphatic carbocycles. The maximum Gasteiger partial charge on any atom is 0.416 e. The number of benzene rings is 1. The first-order valence-corrected chi connectivity index (χ1v) is 11.6. The maximum atomic E-state index is 13.1. The van der Waals surface area contributed by atoms with E-state index in [-0.39, 0.29) is 29.0 Å². The lowest BCUT2D eigenvalue weighted by Crippen LogP contribution is -2.60. The van der Waals surface area contributed by atoms with Gasteiger partial charge in [-0.2, -0.15) is 26.3 Å². The summed E-state index contributed by atoms with van der Waals surface area (Å²) in [5, 5.41) is 4.01. The first kappa shape index (κ1) is 27.0. The molecule has 0 bridgehead atoms. The molecule has 2 saturated heterocycles. The number of carbonyl (C=O) groups excluding carboxylic acids is 1. The van der Waals surface area contributed by atoms with Crippen molar-refractivity contribution in [1.29, 1.82) is 0 Å². The Labute approximate surface area is 209 Å². The first-order chi connectivity index (χ1) is 17.0. The lowest BCUT2D eigenvalue weighted by atomic mass is 9.79. The van der Waals surface area contributed by atoms with Crippen molar-refractivity contribution < 1.29 is 35.9 Å². The minimum atomic E-state index is -4.95. The van der Waals surface area contributed by atoms with Gasteiger partial charge in [0.05, 0.1) is 11.1 Å².